The number of benzene rings is 1. The number of nitrogens with one attached hydrogen (secondary N) is 3. The van der Waals surface area contributed by atoms with Crippen LogP contribution >= 0.6 is 11.3 Å². The van der Waals surface area contributed by atoms with Gasteiger partial charge in [-0.3, -0.25) is 10.1 Å². The van der Waals surface area contributed by atoms with Crippen molar-refractivity contribution in [1.29, 1.82) is 0 Å². The van der Waals surface area contributed by atoms with E-state index < -0.39 is 27.3 Å². The van der Waals surface area contributed by atoms with Crippen LogP contribution in [0.5, 0.6) is 5.75 Å². The Morgan fingerprint density at radius 3 is 2.20 bits per heavy atom. The molecule has 0 bridgehead atoms. The molecule has 1 aliphatic heterocycles. The molecule has 17 heteroatoms. The van der Waals surface area contributed by atoms with Crippen molar-refractivity contribution in [2.75, 3.05) is 44.5 Å². The molecule has 3 N–H and O–H groups in total. The van der Waals surface area contributed by atoms with Crippen molar-refractivity contribution in [3.8, 4) is 26.9 Å². The third-order valence-electron chi connectivity index (χ3n) is 7.34. The molecule has 3 aromatic rings. The van der Waals surface area contributed by atoms with E-state index in [1.54, 1.807) is 84.3 Å². The van der Waals surface area contributed by atoms with Gasteiger partial charge in [0, 0.05) is 49.2 Å². The maximum atomic E-state index is 13.7. The highest BCUT2D eigenvalue weighted by Gasteiger charge is 2.29. The minimum absolute atomic E-state index is 0.0274. The van der Waals surface area contributed by atoms with Gasteiger partial charge in [0.25, 0.3) is 6.47 Å². The largest absolute Gasteiger partial charge is 0.494 e. The van der Waals surface area contributed by atoms with Crippen molar-refractivity contribution >= 4 is 51.4 Å². The average Bonchev–Trinajstić information content (AvgIpc) is 3.60. The molecule has 1 fully saturated rings. The van der Waals surface area contributed by atoms with Crippen molar-refractivity contribution in [2.24, 2.45) is 5.92 Å². The van der Waals surface area contributed by atoms with Gasteiger partial charge in [0.15, 0.2) is 0 Å². The first-order chi connectivity index (χ1) is 25.7. The predicted octanol–water partition coefficient (Wildman–Crippen LogP) is 7.79. The topological polar surface area (TPSA) is 187 Å². The smallest absolute Gasteiger partial charge is 0.411 e. The van der Waals surface area contributed by atoms with Gasteiger partial charge in [-0.15, -0.1) is 11.3 Å². The quantitative estimate of drug-likeness (QED) is 0.126. The number of piperidine rings is 1. The van der Waals surface area contributed by atoms with Crippen molar-refractivity contribution in [1.82, 2.24) is 19.6 Å². The van der Waals surface area contributed by atoms with Gasteiger partial charge >= 0.3 is 12.2 Å². The second-order valence-electron chi connectivity index (χ2n) is 14.5. The standard InChI is InChI=1S/C32H44N6O7S2.C4H8O2.C2H6/c1-31(2,3)37-47(41,42)26-16-21(36-29(39)44-19-20-11-13-38(14-12-20)30(40)45-32(4,5)6)9-10-23(26)25-18-35-28(46-25)27-24(43-8)15-22(33-7)17-34-27;1-4(2)6-3-5;1-2/h9-10,15-18,20,33,37H,11-14,19H2,1-8H3,(H,36,39);3-4H,1-2H3;1-2H3. The summed E-state index contributed by atoms with van der Waals surface area (Å²) in [6.45, 7) is 20.0. The van der Waals surface area contributed by atoms with E-state index in [4.69, 9.17) is 14.2 Å². The molecule has 2 aromatic heterocycles. The first-order valence-corrected chi connectivity index (χ1v) is 20.4. The zero-order chi connectivity index (χ0) is 41.6. The third kappa shape index (κ3) is 15.3. The highest BCUT2D eigenvalue weighted by atomic mass is 32.2. The van der Waals surface area contributed by atoms with Crippen molar-refractivity contribution < 1.29 is 41.7 Å². The van der Waals surface area contributed by atoms with Gasteiger partial charge in [-0.1, -0.05) is 19.9 Å². The van der Waals surface area contributed by atoms with Crippen LogP contribution in [-0.2, 0) is 29.0 Å². The molecule has 4 rings (SSSR count). The Balaban J connectivity index is 0.00000119. The summed E-state index contributed by atoms with van der Waals surface area (Å²) in [6, 6.07) is 6.46. The summed E-state index contributed by atoms with van der Waals surface area (Å²) in [5, 5.41) is 6.23. The Kier molecular flexibility index (Phi) is 17.8. The van der Waals surface area contributed by atoms with Crippen molar-refractivity contribution in [3.05, 3.63) is 36.7 Å². The van der Waals surface area contributed by atoms with Crippen LogP contribution in [0.2, 0.25) is 0 Å². The number of nitrogens with zero attached hydrogens (tertiary/aromatic N) is 3. The Morgan fingerprint density at radius 1 is 1.02 bits per heavy atom. The number of rotatable bonds is 11. The van der Waals surface area contributed by atoms with Gasteiger partial charge in [-0.2, -0.15) is 0 Å². The Morgan fingerprint density at radius 2 is 1.67 bits per heavy atom. The summed E-state index contributed by atoms with van der Waals surface area (Å²) in [7, 11) is -0.714. The van der Waals surface area contributed by atoms with E-state index in [2.05, 4.69) is 30.1 Å². The second-order valence-corrected chi connectivity index (χ2v) is 17.2. The van der Waals surface area contributed by atoms with E-state index in [1.165, 1.54) is 17.4 Å². The highest BCUT2D eigenvalue weighted by molar-refractivity contribution is 7.89. The Hall–Kier alpha value is -4.48. The van der Waals surface area contributed by atoms with Gasteiger partial charge < -0.3 is 29.2 Å². The molecule has 0 aliphatic carbocycles. The lowest BCUT2D eigenvalue weighted by Crippen LogP contribution is -2.42. The van der Waals surface area contributed by atoms with Crippen LogP contribution in [-0.4, -0.2) is 93.0 Å². The Labute approximate surface area is 329 Å². The number of carbonyl (C=O) groups is 3. The highest BCUT2D eigenvalue weighted by Crippen LogP contribution is 2.39. The SMILES string of the molecule is CC.CC(C)OC=O.CNc1cnc(-c2ncc(-c3ccc(NC(=O)OCC4CCN(C(=O)OC(C)(C)C)CC4)cc3S(=O)(=O)NC(C)(C)C)s2)c(OC)c1. The molecule has 55 heavy (non-hydrogen) atoms. The van der Waals surface area contributed by atoms with Crippen LogP contribution in [0, 0.1) is 5.92 Å². The normalized spacial score (nSPS) is 13.4. The molecule has 2 amide bonds. The second kappa shape index (κ2) is 21.0. The minimum Gasteiger partial charge on any atom is -0.494 e. The Bertz CT molecular complexity index is 1810. The van der Waals surface area contributed by atoms with Crippen LogP contribution in [0.3, 0.4) is 0 Å². The zero-order valence-corrected chi connectivity index (χ0v) is 35.7. The number of thiazole rings is 1. The van der Waals surface area contributed by atoms with Crippen LogP contribution < -0.4 is 20.1 Å². The van der Waals surface area contributed by atoms with Crippen LogP contribution in [0.4, 0.5) is 21.0 Å². The fourth-order valence-corrected chi connectivity index (χ4v) is 7.64. The number of aromatic nitrogens is 2. The van der Waals surface area contributed by atoms with Gasteiger partial charge in [-0.25, -0.2) is 32.7 Å². The van der Waals surface area contributed by atoms with Gasteiger partial charge in [-0.05, 0) is 86.3 Å². The summed E-state index contributed by atoms with van der Waals surface area (Å²) in [5.41, 5.74) is 0.633. The minimum atomic E-state index is -4.04. The lowest BCUT2D eigenvalue weighted by molar-refractivity contribution is -0.131. The zero-order valence-electron chi connectivity index (χ0n) is 34.1. The molecule has 0 saturated carbocycles. The molecule has 0 spiro atoms. The van der Waals surface area contributed by atoms with Crippen LogP contribution in [0.15, 0.2) is 41.6 Å². The molecular formula is C38H58N6O9S2. The number of hydrogen-bond donors (Lipinski definition) is 3. The first-order valence-electron chi connectivity index (χ1n) is 18.1. The predicted molar refractivity (Wildman–Crippen MR) is 216 cm³/mol. The third-order valence-corrected chi connectivity index (χ3v) is 10.2. The number of methoxy groups -OCH3 is 1. The van der Waals surface area contributed by atoms with E-state index in [9.17, 15) is 22.8 Å². The van der Waals surface area contributed by atoms with E-state index in [0.717, 1.165) is 5.69 Å². The number of sulfonamides is 1. The molecule has 1 saturated heterocycles. The molecule has 1 aromatic carbocycles. The molecule has 0 unspecified atom stereocenters. The van der Waals surface area contributed by atoms with E-state index in [-0.39, 0.29) is 35.3 Å². The summed E-state index contributed by atoms with van der Waals surface area (Å²) in [4.78, 5) is 45.7. The molecular weight excluding hydrogens is 749 g/mol. The van der Waals surface area contributed by atoms with E-state index >= 15 is 0 Å². The summed E-state index contributed by atoms with van der Waals surface area (Å²) >= 11 is 1.27. The van der Waals surface area contributed by atoms with Crippen molar-refractivity contribution in [2.45, 2.75) is 104 Å². The number of amides is 2. The molecule has 306 valence electrons. The maximum absolute atomic E-state index is 13.7. The lowest BCUT2D eigenvalue weighted by Gasteiger charge is -2.33. The van der Waals surface area contributed by atoms with Gasteiger partial charge in [0.05, 0.1) is 41.5 Å². The summed E-state index contributed by atoms with van der Waals surface area (Å²) in [5.74, 6) is 0.600. The molecule has 3 heterocycles. The number of pyridine rings is 1. The average molecular weight is 807 g/mol. The van der Waals surface area contributed by atoms with Crippen molar-refractivity contribution in [3.63, 3.8) is 0 Å². The molecule has 15 nitrogen and oxygen atoms in total. The summed E-state index contributed by atoms with van der Waals surface area (Å²) in [6.07, 6.45) is 3.56. The maximum Gasteiger partial charge on any atom is 0.411 e. The van der Waals surface area contributed by atoms with Crippen LogP contribution in [0.25, 0.3) is 21.1 Å². The first kappa shape index (κ1) is 46.7. The number of carbonyl (C=O) groups excluding carboxylic acids is 3. The van der Waals surface area contributed by atoms with E-state index in [1.807, 2.05) is 34.6 Å². The lowest BCUT2D eigenvalue weighted by atomic mass is 9.98. The number of hydrogen-bond acceptors (Lipinski definition) is 13. The van der Waals surface area contributed by atoms with E-state index in [0.29, 0.717) is 59.3 Å². The number of likely N-dealkylation sites (tertiary alicyclic amines) is 1. The van der Waals surface area contributed by atoms with Gasteiger partial charge in [0.2, 0.25) is 10.0 Å². The molecule has 1 aliphatic rings. The molecule has 0 radical (unpaired) electrons. The van der Waals surface area contributed by atoms with Crippen LogP contribution in [0.1, 0.15) is 82.1 Å². The fourth-order valence-electron chi connectivity index (χ4n) is 4.96. The number of ether oxygens (including phenoxy) is 4. The van der Waals surface area contributed by atoms with Gasteiger partial charge in [0.1, 0.15) is 22.1 Å². The summed E-state index contributed by atoms with van der Waals surface area (Å²) < 4.78 is 50.8. The monoisotopic (exact) mass is 806 g/mol. The fraction of sp³-hybridized carbons (Fsp3) is 0.553. The molecule has 0 atom stereocenters. The number of anilines is 2.